The molecule has 6 nitrogen and oxygen atoms in total. The number of ether oxygens (including phenoxy) is 1. The van der Waals surface area contributed by atoms with Gasteiger partial charge < -0.3 is 14.9 Å². The van der Waals surface area contributed by atoms with Crippen molar-refractivity contribution in [2.45, 2.75) is 49.8 Å². The quantitative estimate of drug-likeness (QED) is 0.792. The fraction of sp³-hybridized carbons (Fsp3) is 0.538. The Balaban J connectivity index is 2.17. The molecule has 1 aromatic carbocycles. The molecule has 4 atom stereocenters. The summed E-state index contributed by atoms with van der Waals surface area (Å²) in [6.07, 6.45) is -4.08. The highest BCUT2D eigenvalue weighted by Crippen LogP contribution is 2.25. The Kier molecular flexibility index (Phi) is 4.46. The lowest BCUT2D eigenvalue weighted by Gasteiger charge is -2.34. The molecule has 20 heavy (non-hydrogen) atoms. The van der Waals surface area contributed by atoms with E-state index in [0.29, 0.717) is 0 Å². The van der Waals surface area contributed by atoms with Gasteiger partial charge >= 0.3 is 0 Å². The molecule has 1 aliphatic heterocycles. The smallest absolute Gasteiger partial charge is 0.297 e. The number of aryl methyl sites for hydroxylation is 1. The van der Waals surface area contributed by atoms with E-state index in [0.717, 1.165) is 5.56 Å². The lowest BCUT2D eigenvalue weighted by molar-refractivity contribution is -0.221. The predicted molar refractivity (Wildman–Crippen MR) is 70.4 cm³/mol. The molecule has 4 unspecified atom stereocenters. The van der Waals surface area contributed by atoms with Crippen molar-refractivity contribution in [1.29, 1.82) is 0 Å². The van der Waals surface area contributed by atoms with Crippen LogP contribution in [0, 0.1) is 6.92 Å². The summed E-state index contributed by atoms with van der Waals surface area (Å²) < 4.78 is 34.3. The largest absolute Gasteiger partial charge is 0.388 e. The van der Waals surface area contributed by atoms with E-state index in [1.54, 1.807) is 19.1 Å². The lowest BCUT2D eigenvalue weighted by Crippen LogP contribution is -2.48. The van der Waals surface area contributed by atoms with Crippen LogP contribution in [0.4, 0.5) is 0 Å². The molecule has 7 heteroatoms. The number of rotatable bonds is 3. The minimum atomic E-state index is -3.98. The monoisotopic (exact) mass is 302 g/mol. The second-order valence-electron chi connectivity index (χ2n) is 4.92. The summed E-state index contributed by atoms with van der Waals surface area (Å²) >= 11 is 0. The number of benzene rings is 1. The first-order valence-corrected chi connectivity index (χ1v) is 7.72. The SMILES string of the molecule is Cc1ccc(S(=O)(=O)OC2CC(O)OC(C)C2O)cc1. The van der Waals surface area contributed by atoms with E-state index in [2.05, 4.69) is 0 Å². The van der Waals surface area contributed by atoms with Crippen LogP contribution in [-0.4, -0.2) is 43.2 Å². The predicted octanol–water partition coefficient (Wildman–Crippen LogP) is 0.557. The third-order valence-electron chi connectivity index (χ3n) is 3.23. The zero-order valence-electron chi connectivity index (χ0n) is 11.3. The average Bonchev–Trinajstić information content (AvgIpc) is 2.35. The van der Waals surface area contributed by atoms with Crippen LogP contribution in [0.15, 0.2) is 29.2 Å². The summed E-state index contributed by atoms with van der Waals surface area (Å²) in [5, 5.41) is 19.3. The van der Waals surface area contributed by atoms with E-state index in [9.17, 15) is 18.6 Å². The molecule has 0 spiro atoms. The zero-order chi connectivity index (χ0) is 14.9. The van der Waals surface area contributed by atoms with Crippen molar-refractivity contribution in [2.24, 2.45) is 0 Å². The average molecular weight is 302 g/mol. The molecule has 2 rings (SSSR count). The van der Waals surface area contributed by atoms with Crippen LogP contribution in [0.1, 0.15) is 18.9 Å². The highest BCUT2D eigenvalue weighted by molar-refractivity contribution is 7.86. The fourth-order valence-corrected chi connectivity index (χ4v) is 3.14. The normalized spacial score (nSPS) is 31.2. The Hall–Kier alpha value is -0.990. The lowest BCUT2D eigenvalue weighted by atomic mass is 10.0. The van der Waals surface area contributed by atoms with Gasteiger partial charge in [-0.2, -0.15) is 8.42 Å². The molecule has 1 aromatic rings. The minimum Gasteiger partial charge on any atom is -0.388 e. The first-order valence-electron chi connectivity index (χ1n) is 6.31. The molecule has 0 aliphatic carbocycles. The molecule has 0 saturated carbocycles. The Labute approximate surface area is 118 Å². The van der Waals surface area contributed by atoms with Crippen molar-refractivity contribution in [3.8, 4) is 0 Å². The number of aliphatic hydroxyl groups is 2. The highest BCUT2D eigenvalue weighted by Gasteiger charge is 2.38. The molecule has 112 valence electrons. The van der Waals surface area contributed by atoms with Crippen molar-refractivity contribution in [3.05, 3.63) is 29.8 Å². The first-order chi connectivity index (χ1) is 9.29. The Morgan fingerprint density at radius 1 is 1.25 bits per heavy atom. The Bertz CT molecular complexity index is 553. The Morgan fingerprint density at radius 2 is 1.85 bits per heavy atom. The molecule has 1 saturated heterocycles. The molecular formula is C13H18O6S. The summed E-state index contributed by atoms with van der Waals surface area (Å²) in [7, 11) is -3.98. The van der Waals surface area contributed by atoms with Gasteiger partial charge in [0.25, 0.3) is 10.1 Å². The zero-order valence-corrected chi connectivity index (χ0v) is 12.1. The van der Waals surface area contributed by atoms with Crippen molar-refractivity contribution >= 4 is 10.1 Å². The number of hydrogen-bond donors (Lipinski definition) is 2. The maximum absolute atomic E-state index is 12.1. The van der Waals surface area contributed by atoms with Crippen molar-refractivity contribution in [3.63, 3.8) is 0 Å². The maximum atomic E-state index is 12.1. The topological polar surface area (TPSA) is 93.1 Å². The van der Waals surface area contributed by atoms with Gasteiger partial charge in [-0.05, 0) is 26.0 Å². The fourth-order valence-electron chi connectivity index (χ4n) is 2.04. The van der Waals surface area contributed by atoms with Gasteiger partial charge in [-0.15, -0.1) is 0 Å². The van der Waals surface area contributed by atoms with Crippen molar-refractivity contribution in [1.82, 2.24) is 0 Å². The second kappa shape index (κ2) is 5.79. The van der Waals surface area contributed by atoms with Crippen molar-refractivity contribution < 1.29 is 27.6 Å². The molecule has 1 fully saturated rings. The van der Waals surface area contributed by atoms with E-state index in [-0.39, 0.29) is 11.3 Å². The van der Waals surface area contributed by atoms with Gasteiger partial charge in [-0.1, -0.05) is 17.7 Å². The van der Waals surface area contributed by atoms with Crippen LogP contribution in [0.3, 0.4) is 0 Å². The van der Waals surface area contributed by atoms with E-state index in [1.165, 1.54) is 12.1 Å². The van der Waals surface area contributed by atoms with E-state index >= 15 is 0 Å². The molecule has 0 bridgehead atoms. The van der Waals surface area contributed by atoms with Crippen LogP contribution < -0.4 is 0 Å². The van der Waals surface area contributed by atoms with Crippen LogP contribution in [0.2, 0.25) is 0 Å². The van der Waals surface area contributed by atoms with Gasteiger partial charge in [-0.3, -0.25) is 4.18 Å². The summed E-state index contributed by atoms with van der Waals surface area (Å²) in [4.78, 5) is 0.0175. The summed E-state index contributed by atoms with van der Waals surface area (Å²) in [6.45, 7) is 3.39. The number of aliphatic hydroxyl groups excluding tert-OH is 2. The van der Waals surface area contributed by atoms with Gasteiger partial charge in [0.1, 0.15) is 12.2 Å². The highest BCUT2D eigenvalue weighted by atomic mass is 32.2. The second-order valence-corrected chi connectivity index (χ2v) is 6.50. The van der Waals surface area contributed by atoms with Crippen LogP contribution >= 0.6 is 0 Å². The van der Waals surface area contributed by atoms with E-state index < -0.39 is 34.7 Å². The molecule has 1 aliphatic rings. The summed E-state index contributed by atoms with van der Waals surface area (Å²) in [6, 6.07) is 6.20. The van der Waals surface area contributed by atoms with Gasteiger partial charge in [0, 0.05) is 6.42 Å². The summed E-state index contributed by atoms with van der Waals surface area (Å²) in [5.74, 6) is 0. The molecule has 0 amide bonds. The number of hydrogen-bond acceptors (Lipinski definition) is 6. The first kappa shape index (κ1) is 15.4. The third-order valence-corrected chi connectivity index (χ3v) is 4.58. The third kappa shape index (κ3) is 3.36. The van der Waals surface area contributed by atoms with Gasteiger partial charge in [-0.25, -0.2) is 0 Å². The maximum Gasteiger partial charge on any atom is 0.297 e. The van der Waals surface area contributed by atoms with Crippen LogP contribution in [0.5, 0.6) is 0 Å². The van der Waals surface area contributed by atoms with Gasteiger partial charge in [0.05, 0.1) is 11.0 Å². The molecular weight excluding hydrogens is 284 g/mol. The minimum absolute atomic E-state index is 0.0175. The Morgan fingerprint density at radius 3 is 2.45 bits per heavy atom. The van der Waals surface area contributed by atoms with Gasteiger partial charge in [0.15, 0.2) is 6.29 Å². The van der Waals surface area contributed by atoms with Crippen molar-refractivity contribution in [2.75, 3.05) is 0 Å². The molecule has 0 aromatic heterocycles. The standard InChI is InChI=1S/C13H18O6S/c1-8-3-5-10(6-4-8)20(16,17)19-11-7-12(14)18-9(2)13(11)15/h3-6,9,11-15H,7H2,1-2H3. The molecule has 0 radical (unpaired) electrons. The molecule has 2 N–H and O–H groups in total. The van der Waals surface area contributed by atoms with E-state index in [4.69, 9.17) is 8.92 Å². The van der Waals surface area contributed by atoms with Gasteiger partial charge in [0.2, 0.25) is 0 Å². The van der Waals surface area contributed by atoms with E-state index in [1.807, 2.05) is 6.92 Å². The van der Waals surface area contributed by atoms with Crippen LogP contribution in [-0.2, 0) is 19.0 Å². The van der Waals surface area contributed by atoms with Crippen LogP contribution in [0.25, 0.3) is 0 Å². The summed E-state index contributed by atoms with van der Waals surface area (Å²) in [5.41, 5.74) is 0.930. The molecule has 1 heterocycles.